The van der Waals surface area contributed by atoms with Gasteiger partial charge in [0.1, 0.15) is 5.78 Å². The van der Waals surface area contributed by atoms with Crippen LogP contribution in [0.25, 0.3) is 0 Å². The van der Waals surface area contributed by atoms with Gasteiger partial charge in [-0.1, -0.05) is 26.7 Å². The van der Waals surface area contributed by atoms with Gasteiger partial charge < -0.3 is 5.32 Å². The van der Waals surface area contributed by atoms with Crippen LogP contribution in [-0.4, -0.2) is 18.9 Å². The molecular formula is C12H23NO. The Morgan fingerprint density at radius 2 is 2.00 bits per heavy atom. The highest BCUT2D eigenvalue weighted by Gasteiger charge is 2.20. The van der Waals surface area contributed by atoms with Gasteiger partial charge >= 0.3 is 0 Å². The van der Waals surface area contributed by atoms with E-state index in [1.165, 1.54) is 12.8 Å². The molecule has 0 aromatic rings. The summed E-state index contributed by atoms with van der Waals surface area (Å²) >= 11 is 0. The summed E-state index contributed by atoms with van der Waals surface area (Å²) < 4.78 is 0. The molecule has 1 saturated carbocycles. The Kier molecular flexibility index (Phi) is 5.16. The molecule has 0 heterocycles. The SMILES string of the molecule is CCC(CC)CC(=O)CNCC1CC1. The van der Waals surface area contributed by atoms with E-state index in [4.69, 9.17) is 0 Å². The van der Waals surface area contributed by atoms with E-state index in [0.29, 0.717) is 18.2 Å². The second-order valence-electron chi connectivity index (χ2n) is 4.50. The Balaban J connectivity index is 2.01. The van der Waals surface area contributed by atoms with Crippen molar-refractivity contribution >= 4 is 5.78 Å². The van der Waals surface area contributed by atoms with Crippen LogP contribution in [-0.2, 0) is 4.79 Å². The standard InChI is InChI=1S/C12H23NO/c1-3-10(4-2)7-12(14)9-13-8-11-5-6-11/h10-11,13H,3-9H2,1-2H3. The minimum absolute atomic E-state index is 0.388. The first-order valence-electron chi connectivity index (χ1n) is 5.98. The summed E-state index contributed by atoms with van der Waals surface area (Å²) in [6.07, 6.45) is 5.74. The van der Waals surface area contributed by atoms with E-state index in [1.807, 2.05) is 0 Å². The number of hydrogen-bond donors (Lipinski definition) is 1. The number of Topliss-reactive ketones (excluding diaryl/α,β-unsaturated/α-hetero) is 1. The molecule has 14 heavy (non-hydrogen) atoms. The molecule has 1 aliphatic rings. The van der Waals surface area contributed by atoms with Crippen molar-refractivity contribution in [2.45, 2.75) is 46.0 Å². The van der Waals surface area contributed by atoms with E-state index in [2.05, 4.69) is 19.2 Å². The summed E-state index contributed by atoms with van der Waals surface area (Å²) in [5.74, 6) is 1.86. The first-order valence-corrected chi connectivity index (χ1v) is 5.98. The molecule has 0 spiro atoms. The molecular weight excluding hydrogens is 174 g/mol. The van der Waals surface area contributed by atoms with Crippen molar-refractivity contribution in [3.05, 3.63) is 0 Å². The highest BCUT2D eigenvalue weighted by molar-refractivity contribution is 5.80. The summed E-state index contributed by atoms with van der Waals surface area (Å²) in [4.78, 5) is 11.5. The molecule has 0 amide bonds. The van der Waals surface area contributed by atoms with Crippen LogP contribution in [0, 0.1) is 11.8 Å². The van der Waals surface area contributed by atoms with Crippen LogP contribution in [0.2, 0.25) is 0 Å². The van der Waals surface area contributed by atoms with E-state index >= 15 is 0 Å². The number of hydrogen-bond acceptors (Lipinski definition) is 2. The summed E-state index contributed by atoms with van der Waals surface area (Å²) in [6, 6.07) is 0. The lowest BCUT2D eigenvalue weighted by molar-refractivity contribution is -0.119. The molecule has 1 rings (SSSR count). The molecule has 0 radical (unpaired) electrons. The van der Waals surface area contributed by atoms with Crippen LogP contribution in [0.15, 0.2) is 0 Å². The molecule has 0 atom stereocenters. The first kappa shape index (κ1) is 11.7. The minimum Gasteiger partial charge on any atom is -0.310 e. The van der Waals surface area contributed by atoms with Crippen LogP contribution in [0.3, 0.4) is 0 Å². The second-order valence-corrected chi connectivity index (χ2v) is 4.50. The van der Waals surface area contributed by atoms with Gasteiger partial charge in [-0.05, 0) is 31.2 Å². The third-order valence-electron chi connectivity index (χ3n) is 3.12. The smallest absolute Gasteiger partial charge is 0.146 e. The van der Waals surface area contributed by atoms with Crippen LogP contribution in [0.4, 0.5) is 0 Å². The van der Waals surface area contributed by atoms with E-state index in [0.717, 1.165) is 31.7 Å². The van der Waals surface area contributed by atoms with Gasteiger partial charge in [0.15, 0.2) is 0 Å². The molecule has 2 nitrogen and oxygen atoms in total. The highest BCUT2D eigenvalue weighted by Crippen LogP contribution is 2.27. The summed E-state index contributed by atoms with van der Waals surface area (Å²) in [5, 5.41) is 3.25. The molecule has 0 aromatic heterocycles. The zero-order valence-corrected chi connectivity index (χ0v) is 9.51. The molecule has 1 N–H and O–H groups in total. The van der Waals surface area contributed by atoms with Gasteiger partial charge in [-0.3, -0.25) is 4.79 Å². The lowest BCUT2D eigenvalue weighted by atomic mass is 9.97. The predicted octanol–water partition coefficient (Wildman–Crippen LogP) is 2.38. The quantitative estimate of drug-likeness (QED) is 0.647. The Labute approximate surface area is 87.5 Å². The average Bonchev–Trinajstić information content (AvgIpc) is 2.98. The second kappa shape index (κ2) is 6.18. The summed E-state index contributed by atoms with van der Waals surface area (Å²) in [7, 11) is 0. The van der Waals surface area contributed by atoms with Crippen molar-refractivity contribution in [2.75, 3.05) is 13.1 Å². The number of carbonyl (C=O) groups excluding carboxylic acids is 1. The molecule has 0 aromatic carbocycles. The fraction of sp³-hybridized carbons (Fsp3) is 0.917. The third-order valence-corrected chi connectivity index (χ3v) is 3.12. The lowest BCUT2D eigenvalue weighted by Gasteiger charge is -2.11. The molecule has 1 aliphatic carbocycles. The fourth-order valence-electron chi connectivity index (χ4n) is 1.71. The van der Waals surface area contributed by atoms with Crippen LogP contribution < -0.4 is 5.32 Å². The van der Waals surface area contributed by atoms with Gasteiger partial charge in [0, 0.05) is 6.42 Å². The topological polar surface area (TPSA) is 29.1 Å². The fourth-order valence-corrected chi connectivity index (χ4v) is 1.71. The van der Waals surface area contributed by atoms with Crippen molar-refractivity contribution in [3.63, 3.8) is 0 Å². The molecule has 1 fully saturated rings. The largest absolute Gasteiger partial charge is 0.310 e. The normalized spacial score (nSPS) is 16.2. The Bertz CT molecular complexity index is 171. The first-order chi connectivity index (χ1) is 6.76. The molecule has 82 valence electrons. The van der Waals surface area contributed by atoms with E-state index in [9.17, 15) is 4.79 Å². The van der Waals surface area contributed by atoms with E-state index < -0.39 is 0 Å². The number of carbonyl (C=O) groups is 1. The maximum Gasteiger partial charge on any atom is 0.146 e. The van der Waals surface area contributed by atoms with Gasteiger partial charge in [0.2, 0.25) is 0 Å². The molecule has 0 unspecified atom stereocenters. The lowest BCUT2D eigenvalue weighted by Crippen LogP contribution is -2.26. The average molecular weight is 197 g/mol. The Morgan fingerprint density at radius 1 is 1.36 bits per heavy atom. The summed E-state index contributed by atoms with van der Waals surface area (Å²) in [5.41, 5.74) is 0. The van der Waals surface area contributed by atoms with Crippen molar-refractivity contribution < 1.29 is 4.79 Å². The zero-order chi connectivity index (χ0) is 10.4. The van der Waals surface area contributed by atoms with Gasteiger partial charge in [-0.25, -0.2) is 0 Å². The van der Waals surface area contributed by atoms with Crippen molar-refractivity contribution in [1.29, 1.82) is 0 Å². The number of nitrogens with one attached hydrogen (secondary N) is 1. The highest BCUT2D eigenvalue weighted by atomic mass is 16.1. The molecule has 0 bridgehead atoms. The predicted molar refractivity (Wildman–Crippen MR) is 59.3 cm³/mol. The van der Waals surface area contributed by atoms with Gasteiger partial charge in [0.25, 0.3) is 0 Å². The monoisotopic (exact) mass is 197 g/mol. The summed E-state index contributed by atoms with van der Waals surface area (Å²) in [6.45, 7) is 5.97. The van der Waals surface area contributed by atoms with Gasteiger partial charge in [-0.2, -0.15) is 0 Å². The van der Waals surface area contributed by atoms with Gasteiger partial charge in [0.05, 0.1) is 6.54 Å². The number of rotatable bonds is 8. The van der Waals surface area contributed by atoms with E-state index in [-0.39, 0.29) is 0 Å². The van der Waals surface area contributed by atoms with Crippen molar-refractivity contribution in [3.8, 4) is 0 Å². The van der Waals surface area contributed by atoms with Crippen LogP contribution in [0.1, 0.15) is 46.0 Å². The Hall–Kier alpha value is -0.370. The zero-order valence-electron chi connectivity index (χ0n) is 9.51. The molecule has 0 aliphatic heterocycles. The number of ketones is 1. The molecule has 2 heteroatoms. The minimum atomic E-state index is 0.388. The van der Waals surface area contributed by atoms with Crippen molar-refractivity contribution in [1.82, 2.24) is 5.32 Å². The van der Waals surface area contributed by atoms with E-state index in [1.54, 1.807) is 0 Å². The maximum atomic E-state index is 11.5. The maximum absolute atomic E-state index is 11.5. The third kappa shape index (κ3) is 4.75. The van der Waals surface area contributed by atoms with Crippen LogP contribution >= 0.6 is 0 Å². The van der Waals surface area contributed by atoms with Gasteiger partial charge in [-0.15, -0.1) is 0 Å². The molecule has 0 saturated heterocycles. The Morgan fingerprint density at radius 3 is 2.50 bits per heavy atom. The van der Waals surface area contributed by atoms with Crippen molar-refractivity contribution in [2.24, 2.45) is 11.8 Å². The van der Waals surface area contributed by atoms with Crippen LogP contribution in [0.5, 0.6) is 0 Å².